The van der Waals surface area contributed by atoms with E-state index in [0.717, 1.165) is 30.7 Å². The van der Waals surface area contributed by atoms with Crippen molar-refractivity contribution in [3.8, 4) is 0 Å². The van der Waals surface area contributed by atoms with E-state index in [0.29, 0.717) is 6.04 Å². The zero-order chi connectivity index (χ0) is 13.1. The molecule has 0 saturated heterocycles. The average Bonchev–Trinajstić information content (AvgIpc) is 3.10. The van der Waals surface area contributed by atoms with E-state index in [1.54, 1.807) is 0 Å². The smallest absolute Gasteiger partial charge is 0.105 e. The third-order valence-electron chi connectivity index (χ3n) is 3.86. The number of likely N-dealkylation sites (N-methyl/N-ethyl adjacent to an activating group) is 1. The molecule has 1 aromatic rings. The highest BCUT2D eigenvalue weighted by Crippen LogP contribution is 2.26. The van der Waals surface area contributed by atoms with Gasteiger partial charge in [0.15, 0.2) is 0 Å². The summed E-state index contributed by atoms with van der Waals surface area (Å²) in [6, 6.07) is 3.39. The van der Waals surface area contributed by atoms with Crippen LogP contribution in [0.25, 0.3) is 0 Å². The van der Waals surface area contributed by atoms with Gasteiger partial charge in [0.1, 0.15) is 11.5 Å². The van der Waals surface area contributed by atoms with E-state index in [9.17, 15) is 0 Å². The molecule has 0 amide bonds. The molecule has 0 bridgehead atoms. The van der Waals surface area contributed by atoms with E-state index in [4.69, 9.17) is 4.42 Å². The Morgan fingerprint density at radius 1 is 1.44 bits per heavy atom. The molecule has 1 aliphatic rings. The molecular weight excluding hydrogens is 224 g/mol. The summed E-state index contributed by atoms with van der Waals surface area (Å²) in [5.41, 5.74) is 1.29. The number of nitrogens with one attached hydrogen (secondary N) is 1. The van der Waals surface area contributed by atoms with E-state index < -0.39 is 0 Å². The van der Waals surface area contributed by atoms with Gasteiger partial charge >= 0.3 is 0 Å². The predicted molar refractivity (Wildman–Crippen MR) is 74.9 cm³/mol. The lowest BCUT2D eigenvalue weighted by molar-refractivity contribution is 0.273. The van der Waals surface area contributed by atoms with E-state index >= 15 is 0 Å². The van der Waals surface area contributed by atoms with Crippen LogP contribution in [-0.4, -0.2) is 30.6 Å². The fourth-order valence-electron chi connectivity index (χ4n) is 2.65. The maximum absolute atomic E-state index is 5.58. The number of hydrogen-bond acceptors (Lipinski definition) is 3. The molecule has 3 nitrogen and oxygen atoms in total. The van der Waals surface area contributed by atoms with Gasteiger partial charge in [-0.2, -0.15) is 0 Å². The second kappa shape index (κ2) is 5.89. The predicted octanol–water partition coefficient (Wildman–Crippen LogP) is 3.03. The van der Waals surface area contributed by atoms with Crippen LogP contribution in [0, 0.1) is 13.8 Å². The molecule has 0 radical (unpaired) electrons. The van der Waals surface area contributed by atoms with Crippen molar-refractivity contribution in [2.24, 2.45) is 0 Å². The Balaban J connectivity index is 1.77. The van der Waals surface area contributed by atoms with Crippen LogP contribution in [0.5, 0.6) is 0 Å². The molecule has 1 unspecified atom stereocenters. The largest absolute Gasteiger partial charge is 0.466 e. The molecule has 1 atom stereocenters. The lowest BCUT2D eigenvalue weighted by atomic mass is 10.1. The van der Waals surface area contributed by atoms with Crippen LogP contribution < -0.4 is 5.32 Å². The molecule has 18 heavy (non-hydrogen) atoms. The van der Waals surface area contributed by atoms with Crippen molar-refractivity contribution in [3.63, 3.8) is 0 Å². The van der Waals surface area contributed by atoms with Crippen molar-refractivity contribution < 1.29 is 4.42 Å². The van der Waals surface area contributed by atoms with Gasteiger partial charge in [-0.1, -0.05) is 6.92 Å². The zero-order valence-electron chi connectivity index (χ0n) is 12.1. The van der Waals surface area contributed by atoms with Crippen molar-refractivity contribution in [3.05, 3.63) is 23.2 Å². The van der Waals surface area contributed by atoms with Crippen molar-refractivity contribution in [1.82, 2.24) is 10.2 Å². The number of rotatable bonds is 7. The third kappa shape index (κ3) is 3.36. The number of nitrogens with zero attached hydrogens (tertiary/aromatic N) is 1. The molecule has 1 heterocycles. The summed E-state index contributed by atoms with van der Waals surface area (Å²) >= 11 is 0. The first-order valence-electron chi connectivity index (χ1n) is 7.16. The molecule has 3 heteroatoms. The second-order valence-electron chi connectivity index (χ2n) is 5.40. The number of furan rings is 1. The summed E-state index contributed by atoms with van der Waals surface area (Å²) in [6.45, 7) is 11.9. The summed E-state index contributed by atoms with van der Waals surface area (Å²) in [5, 5.41) is 3.60. The molecular formula is C15H26N2O. The van der Waals surface area contributed by atoms with Crippen LogP contribution in [0.1, 0.15) is 49.8 Å². The Morgan fingerprint density at radius 3 is 2.67 bits per heavy atom. The van der Waals surface area contributed by atoms with Crippen molar-refractivity contribution in [2.45, 2.75) is 52.6 Å². The van der Waals surface area contributed by atoms with Gasteiger partial charge in [-0.15, -0.1) is 0 Å². The van der Waals surface area contributed by atoms with Gasteiger partial charge in [-0.05, 0) is 46.2 Å². The maximum atomic E-state index is 5.58. The summed E-state index contributed by atoms with van der Waals surface area (Å²) in [6.07, 6.45) is 2.78. The summed E-state index contributed by atoms with van der Waals surface area (Å²) < 4.78 is 5.58. The minimum absolute atomic E-state index is 0.375. The van der Waals surface area contributed by atoms with Gasteiger partial charge in [0.25, 0.3) is 0 Å². The Morgan fingerprint density at radius 2 is 2.17 bits per heavy atom. The first-order chi connectivity index (χ1) is 8.61. The molecule has 0 aromatic carbocycles. The highest BCUT2D eigenvalue weighted by molar-refractivity contribution is 5.23. The molecule has 1 saturated carbocycles. The fraction of sp³-hybridized carbons (Fsp3) is 0.733. The van der Waals surface area contributed by atoms with Gasteiger partial charge in [-0.3, -0.25) is 4.90 Å². The van der Waals surface area contributed by atoms with Crippen LogP contribution in [-0.2, 0) is 0 Å². The van der Waals surface area contributed by atoms with Crippen LogP contribution in [0.15, 0.2) is 10.5 Å². The minimum atomic E-state index is 0.375. The van der Waals surface area contributed by atoms with Crippen LogP contribution in [0.2, 0.25) is 0 Å². The standard InChI is InChI=1S/C15H26N2O/c1-5-17(14-6-7-14)9-8-16-12(3)15-10-11(2)18-13(15)4/h10,12,14,16H,5-9H2,1-4H3. The van der Waals surface area contributed by atoms with Gasteiger partial charge in [-0.25, -0.2) is 0 Å². The van der Waals surface area contributed by atoms with Crippen molar-refractivity contribution >= 4 is 0 Å². The van der Waals surface area contributed by atoms with E-state index in [1.807, 2.05) is 13.8 Å². The normalized spacial score (nSPS) is 17.4. The van der Waals surface area contributed by atoms with E-state index in [2.05, 4.69) is 30.1 Å². The van der Waals surface area contributed by atoms with Gasteiger partial charge in [0.05, 0.1) is 0 Å². The molecule has 1 aliphatic carbocycles. The van der Waals surface area contributed by atoms with Crippen molar-refractivity contribution in [2.75, 3.05) is 19.6 Å². The summed E-state index contributed by atoms with van der Waals surface area (Å²) in [4.78, 5) is 2.58. The molecule has 1 fully saturated rings. The summed E-state index contributed by atoms with van der Waals surface area (Å²) in [5.74, 6) is 2.05. The van der Waals surface area contributed by atoms with Crippen LogP contribution in [0.4, 0.5) is 0 Å². The average molecular weight is 250 g/mol. The molecule has 102 valence electrons. The lowest BCUT2D eigenvalue weighted by Gasteiger charge is -2.21. The third-order valence-corrected chi connectivity index (χ3v) is 3.86. The lowest BCUT2D eigenvalue weighted by Crippen LogP contribution is -2.34. The number of aryl methyl sites for hydroxylation is 2. The van der Waals surface area contributed by atoms with E-state index in [-0.39, 0.29) is 0 Å². The topological polar surface area (TPSA) is 28.4 Å². The Bertz CT molecular complexity index is 382. The van der Waals surface area contributed by atoms with Crippen LogP contribution >= 0.6 is 0 Å². The maximum Gasteiger partial charge on any atom is 0.105 e. The Hall–Kier alpha value is -0.800. The minimum Gasteiger partial charge on any atom is -0.466 e. The Kier molecular flexibility index (Phi) is 4.46. The zero-order valence-corrected chi connectivity index (χ0v) is 12.1. The monoisotopic (exact) mass is 250 g/mol. The van der Waals surface area contributed by atoms with Gasteiger partial charge in [0, 0.05) is 30.7 Å². The first-order valence-corrected chi connectivity index (χ1v) is 7.16. The van der Waals surface area contributed by atoms with E-state index in [1.165, 1.54) is 24.9 Å². The molecule has 0 spiro atoms. The first kappa shape index (κ1) is 13.6. The van der Waals surface area contributed by atoms with Crippen molar-refractivity contribution in [1.29, 1.82) is 0 Å². The second-order valence-corrected chi connectivity index (χ2v) is 5.40. The van der Waals surface area contributed by atoms with Crippen LogP contribution in [0.3, 0.4) is 0 Å². The quantitative estimate of drug-likeness (QED) is 0.806. The molecule has 2 rings (SSSR count). The van der Waals surface area contributed by atoms with Gasteiger partial charge < -0.3 is 9.73 Å². The fourth-order valence-corrected chi connectivity index (χ4v) is 2.65. The highest BCUT2D eigenvalue weighted by Gasteiger charge is 2.27. The highest BCUT2D eigenvalue weighted by atomic mass is 16.3. The molecule has 1 aromatic heterocycles. The summed E-state index contributed by atoms with van der Waals surface area (Å²) in [7, 11) is 0. The number of hydrogen-bond donors (Lipinski definition) is 1. The SMILES string of the molecule is CCN(CCNC(C)c1cc(C)oc1C)C1CC1. The molecule has 0 aliphatic heterocycles. The van der Waals surface area contributed by atoms with Gasteiger partial charge in [0.2, 0.25) is 0 Å². The molecule has 1 N–H and O–H groups in total. The Labute approximate surface area is 111 Å².